The first-order valence-corrected chi connectivity index (χ1v) is 8.12. The fourth-order valence-electron chi connectivity index (χ4n) is 2.05. The molecule has 0 bridgehead atoms. The second-order valence-corrected chi connectivity index (χ2v) is 6.66. The molecular weight excluding hydrogens is 288 g/mol. The smallest absolute Gasteiger partial charge is 0.281 e. The lowest BCUT2D eigenvalue weighted by Gasteiger charge is -2.09. The second-order valence-electron chi connectivity index (χ2n) is 5.07. The van der Waals surface area contributed by atoms with Gasteiger partial charge in [-0.1, -0.05) is 6.07 Å². The molecule has 1 aromatic heterocycles. The van der Waals surface area contributed by atoms with Crippen LogP contribution in [0.2, 0.25) is 0 Å². The van der Waals surface area contributed by atoms with E-state index in [1.807, 2.05) is 26.0 Å². The Labute approximate surface area is 125 Å². The molecule has 0 amide bonds. The molecular formula is C14H20N4O2S. The summed E-state index contributed by atoms with van der Waals surface area (Å²) in [6.45, 7) is 6.16. The van der Waals surface area contributed by atoms with Gasteiger partial charge < -0.3 is 5.32 Å². The van der Waals surface area contributed by atoms with Crippen LogP contribution in [0.15, 0.2) is 23.2 Å². The van der Waals surface area contributed by atoms with E-state index >= 15 is 0 Å². The summed E-state index contributed by atoms with van der Waals surface area (Å²) in [5.41, 5.74) is 4.07. The van der Waals surface area contributed by atoms with Gasteiger partial charge in [0.05, 0.1) is 0 Å². The lowest BCUT2D eigenvalue weighted by molar-refractivity contribution is 0.595. The minimum Gasteiger partial charge on any atom is -0.316 e. The molecule has 0 unspecified atom stereocenters. The van der Waals surface area contributed by atoms with E-state index in [1.165, 1.54) is 0 Å². The largest absolute Gasteiger partial charge is 0.316 e. The summed E-state index contributed by atoms with van der Waals surface area (Å²) < 4.78 is 27.5. The molecule has 7 heteroatoms. The van der Waals surface area contributed by atoms with E-state index in [9.17, 15) is 8.42 Å². The number of hydrogen-bond acceptors (Lipinski definition) is 4. The Kier molecular flexibility index (Phi) is 4.34. The van der Waals surface area contributed by atoms with Crippen molar-refractivity contribution in [1.82, 2.24) is 15.5 Å². The molecule has 0 fully saturated rings. The third-order valence-electron chi connectivity index (χ3n) is 3.40. The number of nitrogens with one attached hydrogen (secondary N) is 3. The van der Waals surface area contributed by atoms with Gasteiger partial charge in [0.2, 0.25) is 5.03 Å². The first kappa shape index (κ1) is 15.5. The van der Waals surface area contributed by atoms with Crippen molar-refractivity contribution in [3.8, 4) is 0 Å². The monoisotopic (exact) mass is 308 g/mol. The molecule has 1 heterocycles. The number of benzene rings is 1. The van der Waals surface area contributed by atoms with Crippen LogP contribution in [-0.4, -0.2) is 25.7 Å². The van der Waals surface area contributed by atoms with Crippen molar-refractivity contribution in [1.29, 1.82) is 0 Å². The molecule has 114 valence electrons. The maximum absolute atomic E-state index is 12.5. The number of hydrogen-bond donors (Lipinski definition) is 3. The van der Waals surface area contributed by atoms with Crippen LogP contribution >= 0.6 is 0 Å². The van der Waals surface area contributed by atoms with E-state index in [1.54, 1.807) is 20.0 Å². The Morgan fingerprint density at radius 3 is 2.52 bits per heavy atom. The Morgan fingerprint density at radius 2 is 1.90 bits per heavy atom. The van der Waals surface area contributed by atoms with Crippen molar-refractivity contribution in [3.63, 3.8) is 0 Å². The van der Waals surface area contributed by atoms with Crippen molar-refractivity contribution in [2.24, 2.45) is 0 Å². The van der Waals surface area contributed by atoms with Gasteiger partial charge in [0, 0.05) is 23.5 Å². The van der Waals surface area contributed by atoms with Crippen molar-refractivity contribution in [2.75, 3.05) is 11.8 Å². The molecule has 0 saturated carbocycles. The van der Waals surface area contributed by atoms with Crippen LogP contribution in [0.3, 0.4) is 0 Å². The minimum absolute atomic E-state index is 0.0348. The molecule has 0 aliphatic carbocycles. The lowest BCUT2D eigenvalue weighted by atomic mass is 10.1. The molecule has 0 atom stereocenters. The Bertz CT molecular complexity index is 750. The van der Waals surface area contributed by atoms with Gasteiger partial charge in [-0.3, -0.25) is 9.82 Å². The van der Waals surface area contributed by atoms with Crippen LogP contribution in [-0.2, 0) is 16.6 Å². The van der Waals surface area contributed by atoms with Crippen LogP contribution in [0.4, 0.5) is 5.69 Å². The van der Waals surface area contributed by atoms with Gasteiger partial charge in [-0.25, -0.2) is 0 Å². The van der Waals surface area contributed by atoms with Crippen molar-refractivity contribution < 1.29 is 8.42 Å². The van der Waals surface area contributed by atoms with Gasteiger partial charge in [0.15, 0.2) is 0 Å². The fourth-order valence-corrected chi connectivity index (χ4v) is 3.30. The summed E-state index contributed by atoms with van der Waals surface area (Å²) in [5, 5.41) is 9.64. The number of aromatic amines is 1. The lowest BCUT2D eigenvalue weighted by Crippen LogP contribution is -2.17. The molecule has 0 aliphatic heterocycles. The zero-order chi connectivity index (χ0) is 15.6. The van der Waals surface area contributed by atoms with E-state index in [-0.39, 0.29) is 5.03 Å². The van der Waals surface area contributed by atoms with E-state index in [0.29, 0.717) is 17.8 Å². The quantitative estimate of drug-likeness (QED) is 0.787. The predicted octanol–water partition coefficient (Wildman–Crippen LogP) is 1.86. The molecule has 6 nitrogen and oxygen atoms in total. The molecule has 0 saturated heterocycles. The zero-order valence-corrected chi connectivity index (χ0v) is 13.4. The number of H-pyrrole nitrogens is 1. The van der Waals surface area contributed by atoms with Crippen LogP contribution in [0.25, 0.3) is 0 Å². The van der Waals surface area contributed by atoms with Gasteiger partial charge in [-0.05, 0) is 51.1 Å². The average Bonchev–Trinajstić information content (AvgIpc) is 2.77. The fraction of sp³-hybridized carbons (Fsp3) is 0.357. The van der Waals surface area contributed by atoms with Crippen molar-refractivity contribution >= 4 is 15.7 Å². The van der Waals surface area contributed by atoms with Gasteiger partial charge in [-0.2, -0.15) is 13.5 Å². The van der Waals surface area contributed by atoms with E-state index in [0.717, 1.165) is 16.8 Å². The average molecular weight is 308 g/mol. The van der Waals surface area contributed by atoms with Gasteiger partial charge in [0.25, 0.3) is 10.0 Å². The minimum atomic E-state index is -3.71. The summed E-state index contributed by atoms with van der Waals surface area (Å²) in [6.07, 6.45) is 0. The highest BCUT2D eigenvalue weighted by Gasteiger charge is 2.23. The highest BCUT2D eigenvalue weighted by atomic mass is 32.2. The maximum atomic E-state index is 12.5. The molecule has 2 aromatic rings. The third kappa shape index (κ3) is 3.25. The maximum Gasteiger partial charge on any atom is 0.281 e. The molecule has 21 heavy (non-hydrogen) atoms. The van der Waals surface area contributed by atoms with Gasteiger partial charge >= 0.3 is 0 Å². The molecule has 0 aliphatic rings. The SMILES string of the molecule is CNCc1c(S(=O)(=O)Nc2ccc(C)c(C)c2)n[nH]c1C. The summed E-state index contributed by atoms with van der Waals surface area (Å²) in [5.74, 6) is 0. The Morgan fingerprint density at radius 1 is 1.19 bits per heavy atom. The van der Waals surface area contributed by atoms with Crippen molar-refractivity contribution in [3.05, 3.63) is 40.6 Å². The van der Waals surface area contributed by atoms with E-state index < -0.39 is 10.0 Å². The van der Waals surface area contributed by atoms with E-state index in [2.05, 4.69) is 20.2 Å². The number of aryl methyl sites for hydroxylation is 3. The number of rotatable bonds is 5. The van der Waals surface area contributed by atoms with Crippen LogP contribution in [0.1, 0.15) is 22.4 Å². The number of sulfonamides is 1. The third-order valence-corrected chi connectivity index (χ3v) is 4.75. The molecule has 0 radical (unpaired) electrons. The molecule has 0 spiro atoms. The molecule has 3 N–H and O–H groups in total. The van der Waals surface area contributed by atoms with E-state index in [4.69, 9.17) is 0 Å². The topological polar surface area (TPSA) is 86.9 Å². The number of anilines is 1. The highest BCUT2D eigenvalue weighted by Crippen LogP contribution is 2.21. The highest BCUT2D eigenvalue weighted by molar-refractivity contribution is 7.92. The second kappa shape index (κ2) is 5.87. The molecule has 1 aromatic carbocycles. The van der Waals surface area contributed by atoms with Gasteiger partial charge in [0.1, 0.15) is 0 Å². The summed E-state index contributed by atoms with van der Waals surface area (Å²) in [7, 11) is -1.94. The van der Waals surface area contributed by atoms with Crippen molar-refractivity contribution in [2.45, 2.75) is 32.3 Å². The van der Waals surface area contributed by atoms with Crippen LogP contribution in [0, 0.1) is 20.8 Å². The first-order valence-electron chi connectivity index (χ1n) is 6.63. The van der Waals surface area contributed by atoms with Crippen LogP contribution in [0.5, 0.6) is 0 Å². The summed E-state index contributed by atoms with van der Waals surface area (Å²) in [4.78, 5) is 0. The first-order chi connectivity index (χ1) is 9.85. The predicted molar refractivity (Wildman–Crippen MR) is 82.8 cm³/mol. The normalized spacial score (nSPS) is 11.6. The van der Waals surface area contributed by atoms with Crippen LogP contribution < -0.4 is 10.0 Å². The Balaban J connectivity index is 2.36. The number of nitrogens with zero attached hydrogens (tertiary/aromatic N) is 1. The summed E-state index contributed by atoms with van der Waals surface area (Å²) >= 11 is 0. The van der Waals surface area contributed by atoms with Gasteiger partial charge in [-0.15, -0.1) is 0 Å². The number of aromatic nitrogens is 2. The standard InChI is InChI=1S/C14H20N4O2S/c1-9-5-6-12(7-10(9)2)18-21(19,20)14-13(8-15-4)11(3)16-17-14/h5-7,15,18H,8H2,1-4H3,(H,16,17). The molecule has 2 rings (SSSR count). The summed E-state index contributed by atoms with van der Waals surface area (Å²) in [6, 6.07) is 5.44. The Hall–Kier alpha value is -1.86. The zero-order valence-electron chi connectivity index (χ0n) is 12.6.